The van der Waals surface area contributed by atoms with Crippen LogP contribution in [0.4, 0.5) is 5.82 Å². The van der Waals surface area contributed by atoms with Crippen molar-refractivity contribution < 1.29 is 4.79 Å². The summed E-state index contributed by atoms with van der Waals surface area (Å²) in [5.74, 6) is -0.137. The average Bonchev–Trinajstić information content (AvgIpc) is 2.69. The molecule has 18 heavy (non-hydrogen) atoms. The molecule has 2 heterocycles. The molecular formula is C12H11N5O. The maximum atomic E-state index is 11.9. The standard InChI is InChI=1S/C12H11N5O/c1-8-4-3-5-10(14-8)12(18)15-11-9(6-13)7-17(2)16-11/h3-5,7H,1-2H3,(H,15,16,18). The van der Waals surface area contributed by atoms with Gasteiger partial charge < -0.3 is 5.32 Å². The average molecular weight is 241 g/mol. The summed E-state index contributed by atoms with van der Waals surface area (Å²) in [6.07, 6.45) is 1.54. The molecule has 6 nitrogen and oxygen atoms in total. The number of aromatic nitrogens is 3. The first-order chi connectivity index (χ1) is 8.60. The van der Waals surface area contributed by atoms with Crippen molar-refractivity contribution in [1.29, 1.82) is 5.26 Å². The first kappa shape index (κ1) is 11.8. The second kappa shape index (κ2) is 4.67. The van der Waals surface area contributed by atoms with Crippen LogP contribution in [0.3, 0.4) is 0 Å². The lowest BCUT2D eigenvalue weighted by Crippen LogP contribution is -2.15. The molecule has 1 amide bonds. The lowest BCUT2D eigenvalue weighted by atomic mass is 10.3. The van der Waals surface area contributed by atoms with Crippen molar-refractivity contribution in [3.05, 3.63) is 41.3 Å². The highest BCUT2D eigenvalue weighted by Gasteiger charge is 2.13. The fourth-order valence-corrected chi connectivity index (χ4v) is 1.50. The fraction of sp³-hybridized carbons (Fsp3) is 0.167. The minimum Gasteiger partial charge on any atom is -0.303 e. The van der Waals surface area contributed by atoms with Crippen LogP contribution < -0.4 is 5.32 Å². The number of nitrogens with one attached hydrogen (secondary N) is 1. The quantitative estimate of drug-likeness (QED) is 0.857. The zero-order chi connectivity index (χ0) is 13.1. The largest absolute Gasteiger partial charge is 0.303 e. The van der Waals surface area contributed by atoms with Gasteiger partial charge in [0.05, 0.1) is 0 Å². The highest BCUT2D eigenvalue weighted by atomic mass is 16.2. The van der Waals surface area contributed by atoms with Crippen LogP contribution in [0.1, 0.15) is 21.7 Å². The number of hydrogen-bond donors (Lipinski definition) is 1. The summed E-state index contributed by atoms with van der Waals surface area (Å²) in [5.41, 5.74) is 1.37. The number of amides is 1. The molecule has 0 radical (unpaired) electrons. The van der Waals surface area contributed by atoms with Crippen LogP contribution in [0.5, 0.6) is 0 Å². The lowest BCUT2D eigenvalue weighted by Gasteiger charge is -2.02. The van der Waals surface area contributed by atoms with Crippen molar-refractivity contribution in [2.24, 2.45) is 7.05 Å². The van der Waals surface area contributed by atoms with Crippen LogP contribution in [0, 0.1) is 18.3 Å². The predicted molar refractivity (Wildman–Crippen MR) is 64.9 cm³/mol. The molecule has 6 heteroatoms. The summed E-state index contributed by atoms with van der Waals surface area (Å²) < 4.78 is 1.47. The Bertz CT molecular complexity index is 638. The number of nitrogens with zero attached hydrogens (tertiary/aromatic N) is 4. The number of carbonyl (C=O) groups excluding carboxylic acids is 1. The molecule has 0 saturated carbocycles. The van der Waals surface area contributed by atoms with Crippen LogP contribution in [-0.2, 0) is 7.05 Å². The van der Waals surface area contributed by atoms with Gasteiger partial charge in [0.1, 0.15) is 17.3 Å². The highest BCUT2D eigenvalue weighted by molar-refractivity contribution is 6.02. The molecule has 0 aliphatic carbocycles. The monoisotopic (exact) mass is 241 g/mol. The molecule has 0 bridgehead atoms. The number of aryl methyl sites for hydroxylation is 2. The number of carbonyl (C=O) groups is 1. The van der Waals surface area contributed by atoms with E-state index in [4.69, 9.17) is 5.26 Å². The molecule has 90 valence electrons. The van der Waals surface area contributed by atoms with Gasteiger partial charge in [-0.2, -0.15) is 10.4 Å². The lowest BCUT2D eigenvalue weighted by molar-refractivity contribution is 0.102. The van der Waals surface area contributed by atoms with Gasteiger partial charge in [0, 0.05) is 18.9 Å². The highest BCUT2D eigenvalue weighted by Crippen LogP contribution is 2.12. The van der Waals surface area contributed by atoms with Crippen LogP contribution in [0.25, 0.3) is 0 Å². The van der Waals surface area contributed by atoms with E-state index in [0.717, 1.165) is 5.69 Å². The van der Waals surface area contributed by atoms with Gasteiger partial charge in [-0.15, -0.1) is 0 Å². The minimum absolute atomic E-state index is 0.244. The van der Waals surface area contributed by atoms with E-state index in [1.165, 1.54) is 4.68 Å². The van der Waals surface area contributed by atoms with Crippen molar-refractivity contribution >= 4 is 11.7 Å². The zero-order valence-electron chi connectivity index (χ0n) is 10.0. The SMILES string of the molecule is Cc1cccc(C(=O)Nc2nn(C)cc2C#N)n1. The number of nitriles is 1. The Kier molecular flexibility index (Phi) is 3.06. The van der Waals surface area contributed by atoms with Crippen molar-refractivity contribution in [1.82, 2.24) is 14.8 Å². The third-order valence-corrected chi connectivity index (χ3v) is 2.30. The summed E-state index contributed by atoms with van der Waals surface area (Å²) in [6, 6.07) is 7.13. The first-order valence-corrected chi connectivity index (χ1v) is 5.29. The van der Waals surface area contributed by atoms with Crippen molar-refractivity contribution in [3.8, 4) is 6.07 Å². The van der Waals surface area contributed by atoms with Crippen molar-refractivity contribution in [2.45, 2.75) is 6.92 Å². The van der Waals surface area contributed by atoms with Crippen molar-refractivity contribution in [3.63, 3.8) is 0 Å². The Hall–Kier alpha value is -2.68. The summed E-state index contributed by atoms with van der Waals surface area (Å²) in [4.78, 5) is 16.0. The maximum Gasteiger partial charge on any atom is 0.275 e. The van der Waals surface area contributed by atoms with Gasteiger partial charge >= 0.3 is 0 Å². The Labute approximate surface area is 104 Å². The van der Waals surface area contributed by atoms with Crippen LogP contribution in [-0.4, -0.2) is 20.7 Å². The Morgan fingerprint density at radius 3 is 2.94 bits per heavy atom. The zero-order valence-corrected chi connectivity index (χ0v) is 10.0. The molecule has 0 fully saturated rings. The number of rotatable bonds is 2. The van der Waals surface area contributed by atoms with E-state index in [1.54, 1.807) is 38.4 Å². The second-order valence-electron chi connectivity index (χ2n) is 3.80. The minimum atomic E-state index is -0.381. The molecule has 0 aromatic carbocycles. The van der Waals surface area contributed by atoms with Crippen LogP contribution >= 0.6 is 0 Å². The van der Waals surface area contributed by atoms with Crippen LogP contribution in [0.2, 0.25) is 0 Å². The summed E-state index contributed by atoms with van der Waals surface area (Å²) in [7, 11) is 1.68. The van der Waals surface area contributed by atoms with Gasteiger partial charge in [0.2, 0.25) is 0 Å². The van der Waals surface area contributed by atoms with Gasteiger partial charge in [0.15, 0.2) is 5.82 Å². The molecule has 0 atom stereocenters. The van der Waals surface area contributed by atoms with Gasteiger partial charge in [-0.25, -0.2) is 4.98 Å². The molecule has 2 rings (SSSR count). The fourth-order valence-electron chi connectivity index (χ4n) is 1.50. The van der Waals surface area contributed by atoms with Gasteiger partial charge in [-0.3, -0.25) is 9.48 Å². The van der Waals surface area contributed by atoms with Crippen LogP contribution in [0.15, 0.2) is 24.4 Å². The normalized spacial score (nSPS) is 9.83. The Morgan fingerprint density at radius 1 is 1.50 bits per heavy atom. The molecule has 0 spiro atoms. The molecular weight excluding hydrogens is 230 g/mol. The second-order valence-corrected chi connectivity index (χ2v) is 3.80. The van der Waals surface area contributed by atoms with E-state index in [0.29, 0.717) is 11.3 Å². The maximum absolute atomic E-state index is 11.9. The van der Waals surface area contributed by atoms with E-state index in [1.807, 2.05) is 6.07 Å². The van der Waals surface area contributed by atoms with Gasteiger partial charge in [-0.05, 0) is 19.1 Å². The molecule has 0 saturated heterocycles. The molecule has 0 aliphatic heterocycles. The van der Waals surface area contributed by atoms with E-state index >= 15 is 0 Å². The Morgan fingerprint density at radius 2 is 2.28 bits per heavy atom. The van der Waals surface area contributed by atoms with E-state index in [-0.39, 0.29) is 11.7 Å². The van der Waals surface area contributed by atoms with Gasteiger partial charge in [-0.1, -0.05) is 6.07 Å². The number of pyridine rings is 1. The van der Waals surface area contributed by atoms with Crippen molar-refractivity contribution in [2.75, 3.05) is 5.32 Å². The van der Waals surface area contributed by atoms with E-state index < -0.39 is 0 Å². The topological polar surface area (TPSA) is 83.6 Å². The molecule has 2 aromatic heterocycles. The summed E-state index contributed by atoms with van der Waals surface area (Å²) in [5, 5.41) is 15.5. The molecule has 1 N–H and O–H groups in total. The smallest absolute Gasteiger partial charge is 0.275 e. The van der Waals surface area contributed by atoms with Gasteiger partial charge in [0.25, 0.3) is 5.91 Å². The third-order valence-electron chi connectivity index (χ3n) is 2.30. The Balaban J connectivity index is 2.24. The third kappa shape index (κ3) is 2.35. The number of anilines is 1. The van der Waals surface area contributed by atoms with E-state index in [9.17, 15) is 4.79 Å². The summed E-state index contributed by atoms with van der Waals surface area (Å²) >= 11 is 0. The first-order valence-electron chi connectivity index (χ1n) is 5.29. The summed E-state index contributed by atoms with van der Waals surface area (Å²) in [6.45, 7) is 1.80. The number of hydrogen-bond acceptors (Lipinski definition) is 4. The van der Waals surface area contributed by atoms with E-state index in [2.05, 4.69) is 15.4 Å². The molecule has 0 aliphatic rings. The predicted octanol–water partition coefficient (Wildman–Crippen LogP) is 1.25. The molecule has 0 unspecified atom stereocenters. The molecule has 2 aromatic rings.